The summed E-state index contributed by atoms with van der Waals surface area (Å²) < 4.78 is 11.6. The molecular weight excluding hydrogens is 362 g/mol. The van der Waals surface area contributed by atoms with E-state index in [1.54, 1.807) is 4.57 Å². The molecule has 3 heterocycles. The number of unbranched alkanes of at least 4 members (excludes halogenated alkanes) is 6. The van der Waals surface area contributed by atoms with Crippen molar-refractivity contribution in [1.82, 2.24) is 19.5 Å². The Morgan fingerprint density at radius 1 is 1.18 bits per heavy atom. The van der Waals surface area contributed by atoms with E-state index in [9.17, 15) is 4.79 Å². The highest BCUT2D eigenvalue weighted by molar-refractivity contribution is 5.82. The molecule has 0 unspecified atom stereocenters. The molecule has 1 saturated heterocycles. The summed E-state index contributed by atoms with van der Waals surface area (Å²) in [6, 6.07) is 0. The predicted octanol–water partition coefficient (Wildman–Crippen LogP) is 3.68. The summed E-state index contributed by atoms with van der Waals surface area (Å²) in [5, 5.41) is 8.98. The maximum atomic E-state index is 11.8. The van der Waals surface area contributed by atoms with Crippen LogP contribution in [0.4, 0.5) is 5.82 Å². The van der Waals surface area contributed by atoms with E-state index in [0.29, 0.717) is 17.6 Å². The smallest absolute Gasteiger partial charge is 0.307 e. The van der Waals surface area contributed by atoms with E-state index < -0.39 is 0 Å². The Hall–Kier alpha value is -2.26. The van der Waals surface area contributed by atoms with Gasteiger partial charge in [-0.15, -0.1) is 0 Å². The molecule has 28 heavy (non-hydrogen) atoms. The lowest BCUT2D eigenvalue weighted by molar-refractivity contribution is -0.147. The van der Waals surface area contributed by atoms with Crippen LogP contribution in [0, 0.1) is 0 Å². The lowest BCUT2D eigenvalue weighted by Crippen LogP contribution is -2.09. The van der Waals surface area contributed by atoms with Gasteiger partial charge < -0.3 is 9.47 Å². The normalized spacial score (nSPS) is 12.8. The van der Waals surface area contributed by atoms with Crippen molar-refractivity contribution in [2.75, 3.05) is 18.7 Å². The quantitative estimate of drug-likeness (QED) is 0.338. The first-order valence-corrected chi connectivity index (χ1v) is 10.1. The van der Waals surface area contributed by atoms with Crippen LogP contribution < -0.4 is 5.48 Å². The number of imidazole rings is 1. The van der Waals surface area contributed by atoms with Crippen LogP contribution in [0.15, 0.2) is 12.7 Å². The van der Waals surface area contributed by atoms with Crippen molar-refractivity contribution < 1.29 is 19.5 Å². The van der Waals surface area contributed by atoms with Gasteiger partial charge in [-0.25, -0.2) is 15.0 Å². The molecule has 0 bridgehead atoms. The molecule has 0 atom stereocenters. The highest BCUT2D eigenvalue weighted by Gasteiger charge is 2.10. The number of nitrogens with one attached hydrogen (secondary N) is 1. The number of ether oxygens (including phenoxy) is 2. The largest absolute Gasteiger partial charge is 0.444 e. The van der Waals surface area contributed by atoms with Crippen LogP contribution in [0.2, 0.25) is 0 Å². The van der Waals surface area contributed by atoms with Gasteiger partial charge in [-0.05, 0) is 12.8 Å². The van der Waals surface area contributed by atoms with Crippen LogP contribution >= 0.6 is 0 Å². The van der Waals surface area contributed by atoms with E-state index >= 15 is 0 Å². The van der Waals surface area contributed by atoms with Crippen LogP contribution in [-0.2, 0) is 21.0 Å². The number of nitrogens with zero attached hydrogens (tertiary/aromatic N) is 4. The zero-order valence-corrected chi connectivity index (χ0v) is 16.6. The third-order valence-electron chi connectivity index (χ3n) is 4.43. The number of rotatable bonds is 11. The summed E-state index contributed by atoms with van der Waals surface area (Å²) in [5.41, 5.74) is 2.88. The van der Waals surface area contributed by atoms with Crippen molar-refractivity contribution in [1.29, 1.82) is 0 Å². The van der Waals surface area contributed by atoms with Crippen LogP contribution in [0.5, 0.6) is 0 Å². The number of anilines is 1. The monoisotopic (exact) mass is 393 g/mol. The first-order valence-electron chi connectivity index (χ1n) is 10.1. The molecule has 0 saturated carbocycles. The molecule has 2 aromatic heterocycles. The van der Waals surface area contributed by atoms with Gasteiger partial charge >= 0.3 is 5.97 Å². The lowest BCUT2D eigenvalue weighted by Gasteiger charge is -2.09. The standard InChI is InChI=1S/C16H25N5O3.C3H6O/c1-2-3-4-5-6-7-8-9-13(22)24-12-21-11-19-14-15(20-23)17-10-18-16(14)21;1-2-4-3-1/h10-11,23H,2-9,12H2,1H3,(H,17,18,20);1-3H2. The fraction of sp³-hybridized carbons (Fsp3) is 0.684. The molecule has 2 N–H and O–H groups in total. The maximum Gasteiger partial charge on any atom is 0.307 e. The maximum absolute atomic E-state index is 11.8. The molecule has 156 valence electrons. The van der Waals surface area contributed by atoms with Crippen molar-refractivity contribution in [3.63, 3.8) is 0 Å². The minimum absolute atomic E-state index is 0.0493. The number of aromatic nitrogens is 4. The Balaban J connectivity index is 0.000000620. The highest BCUT2D eigenvalue weighted by Crippen LogP contribution is 2.16. The number of carbonyl (C=O) groups excluding carboxylic acids is 1. The molecule has 1 fully saturated rings. The van der Waals surface area contributed by atoms with E-state index in [2.05, 4.69) is 21.9 Å². The van der Waals surface area contributed by atoms with Crippen LogP contribution in [0.3, 0.4) is 0 Å². The molecule has 3 rings (SSSR count). The number of esters is 1. The SMILES string of the molecule is C1COC1.CCCCCCCCCC(=O)OCn1cnc2c(NO)ncnc21. The zero-order chi connectivity index (χ0) is 20.0. The number of hydrogen-bond donors (Lipinski definition) is 2. The average molecular weight is 393 g/mol. The first-order chi connectivity index (χ1) is 13.8. The number of carbonyl (C=O) groups is 1. The molecule has 0 aromatic carbocycles. The van der Waals surface area contributed by atoms with Gasteiger partial charge in [-0.3, -0.25) is 20.0 Å². The van der Waals surface area contributed by atoms with E-state index in [4.69, 9.17) is 14.7 Å². The van der Waals surface area contributed by atoms with Gasteiger partial charge in [0.1, 0.15) is 6.33 Å². The molecule has 0 radical (unpaired) electrons. The van der Waals surface area contributed by atoms with Crippen molar-refractivity contribution in [3.8, 4) is 0 Å². The topological polar surface area (TPSA) is 111 Å². The molecule has 1 aliphatic rings. The second kappa shape index (κ2) is 13.0. The van der Waals surface area contributed by atoms with Crippen molar-refractivity contribution in [2.45, 2.75) is 71.4 Å². The molecule has 0 spiro atoms. The summed E-state index contributed by atoms with van der Waals surface area (Å²) in [7, 11) is 0. The van der Waals surface area contributed by atoms with Crippen LogP contribution in [0.1, 0.15) is 64.7 Å². The molecule has 9 nitrogen and oxygen atoms in total. The third-order valence-corrected chi connectivity index (χ3v) is 4.43. The van der Waals surface area contributed by atoms with E-state index in [1.807, 2.05) is 5.48 Å². The second-order valence-corrected chi connectivity index (χ2v) is 6.70. The molecule has 1 aliphatic heterocycles. The summed E-state index contributed by atoms with van der Waals surface area (Å²) in [4.78, 5) is 23.8. The van der Waals surface area contributed by atoms with E-state index in [1.165, 1.54) is 51.2 Å². The Kier molecular flexibility index (Phi) is 10.2. The van der Waals surface area contributed by atoms with Gasteiger partial charge in [0.2, 0.25) is 0 Å². The minimum atomic E-state index is -0.222. The van der Waals surface area contributed by atoms with Gasteiger partial charge in [-0.2, -0.15) is 0 Å². The fourth-order valence-corrected chi connectivity index (χ4v) is 2.64. The lowest BCUT2D eigenvalue weighted by atomic mass is 10.1. The Morgan fingerprint density at radius 2 is 1.86 bits per heavy atom. The second-order valence-electron chi connectivity index (χ2n) is 6.70. The Morgan fingerprint density at radius 3 is 2.50 bits per heavy atom. The summed E-state index contributed by atoms with van der Waals surface area (Å²) in [6.07, 6.45) is 12.7. The van der Waals surface area contributed by atoms with Crippen LogP contribution in [-0.4, -0.2) is 43.9 Å². The first kappa shape index (κ1) is 22.0. The fourth-order valence-electron chi connectivity index (χ4n) is 2.64. The van der Waals surface area contributed by atoms with Crippen molar-refractivity contribution in [3.05, 3.63) is 12.7 Å². The predicted molar refractivity (Wildman–Crippen MR) is 105 cm³/mol. The van der Waals surface area contributed by atoms with E-state index in [-0.39, 0.29) is 18.5 Å². The molecule has 9 heteroatoms. The van der Waals surface area contributed by atoms with Crippen molar-refractivity contribution >= 4 is 23.0 Å². The summed E-state index contributed by atoms with van der Waals surface area (Å²) in [5.74, 6) is -0.00637. The van der Waals surface area contributed by atoms with Gasteiger partial charge in [-0.1, -0.05) is 45.4 Å². The van der Waals surface area contributed by atoms with Crippen molar-refractivity contribution in [2.24, 2.45) is 0 Å². The Bertz CT molecular complexity index is 699. The number of fused-ring (bicyclic) bond motifs is 1. The highest BCUT2D eigenvalue weighted by atomic mass is 16.5. The van der Waals surface area contributed by atoms with Gasteiger partial charge in [0, 0.05) is 19.6 Å². The van der Waals surface area contributed by atoms with Gasteiger partial charge in [0.25, 0.3) is 0 Å². The Labute approximate surface area is 165 Å². The summed E-state index contributed by atoms with van der Waals surface area (Å²) >= 11 is 0. The summed E-state index contributed by atoms with van der Waals surface area (Å²) in [6.45, 7) is 4.25. The molecule has 0 aliphatic carbocycles. The average Bonchev–Trinajstić information content (AvgIpc) is 3.07. The van der Waals surface area contributed by atoms with Gasteiger partial charge in [0.15, 0.2) is 23.7 Å². The molecule has 0 amide bonds. The van der Waals surface area contributed by atoms with Crippen LogP contribution in [0.25, 0.3) is 11.2 Å². The number of hydrogen-bond acceptors (Lipinski definition) is 8. The van der Waals surface area contributed by atoms with Gasteiger partial charge in [0.05, 0.1) is 6.33 Å². The van der Waals surface area contributed by atoms with E-state index in [0.717, 1.165) is 26.1 Å². The third kappa shape index (κ3) is 7.40. The zero-order valence-electron chi connectivity index (χ0n) is 16.6. The minimum Gasteiger partial charge on any atom is -0.444 e. The molecular formula is C19H31N5O4. The molecule has 2 aromatic rings.